The Labute approximate surface area is 154 Å². The molecule has 2 fully saturated rings. The normalized spacial score (nSPS) is 28.7. The molecule has 0 amide bonds. The lowest BCUT2D eigenvalue weighted by Crippen LogP contribution is -3.15. The lowest BCUT2D eigenvalue weighted by molar-refractivity contribution is -0.914. The number of piperidine rings is 1. The second-order valence-corrected chi connectivity index (χ2v) is 8.72. The summed E-state index contributed by atoms with van der Waals surface area (Å²) in [4.78, 5) is 14.3. The number of pyridine rings is 1. The molecule has 3 aliphatic rings. The van der Waals surface area contributed by atoms with Crippen LogP contribution in [0.15, 0.2) is 39.7 Å². The van der Waals surface area contributed by atoms with E-state index in [1.807, 2.05) is 22.8 Å². The number of nitrogens with one attached hydrogen (secondary N) is 1. The maximum atomic E-state index is 12.5. The Morgan fingerprint density at radius 2 is 2.00 bits per heavy atom. The summed E-state index contributed by atoms with van der Waals surface area (Å²) in [6.45, 7) is 4.63. The van der Waals surface area contributed by atoms with Crippen molar-refractivity contribution in [3.8, 4) is 11.3 Å². The van der Waals surface area contributed by atoms with Gasteiger partial charge in [-0.2, -0.15) is 0 Å². The molecule has 2 aromatic heterocycles. The minimum absolute atomic E-state index is 0.153. The second-order valence-electron chi connectivity index (χ2n) is 8.72. The fraction of sp³-hybridized carbons (Fsp3) is 0.591. The quantitative estimate of drug-likeness (QED) is 0.922. The van der Waals surface area contributed by atoms with E-state index in [2.05, 4.69) is 0 Å². The predicted molar refractivity (Wildman–Crippen MR) is 101 cm³/mol. The molecule has 26 heavy (non-hydrogen) atoms. The number of hydrogen-bond donors (Lipinski definition) is 1. The lowest BCUT2D eigenvalue weighted by Gasteiger charge is -2.42. The Morgan fingerprint density at radius 1 is 1.12 bits per heavy atom. The average molecular weight is 353 g/mol. The molecule has 1 unspecified atom stereocenters. The number of fused-ring (bicyclic) bond motifs is 4. The molecule has 4 heterocycles. The van der Waals surface area contributed by atoms with Crippen molar-refractivity contribution in [2.45, 2.75) is 51.0 Å². The average Bonchev–Trinajstić information content (AvgIpc) is 3.18. The van der Waals surface area contributed by atoms with Crippen molar-refractivity contribution < 1.29 is 9.32 Å². The summed E-state index contributed by atoms with van der Waals surface area (Å²) in [5.74, 6) is 2.94. The Morgan fingerprint density at radius 3 is 2.81 bits per heavy atom. The molecule has 2 aromatic rings. The van der Waals surface area contributed by atoms with Gasteiger partial charge in [-0.15, -0.1) is 0 Å². The van der Waals surface area contributed by atoms with Crippen LogP contribution in [0.1, 0.15) is 50.1 Å². The van der Waals surface area contributed by atoms with Crippen LogP contribution in [0, 0.1) is 11.8 Å². The van der Waals surface area contributed by atoms with Crippen LogP contribution < -0.4 is 10.5 Å². The highest BCUT2D eigenvalue weighted by molar-refractivity contribution is 5.61. The smallest absolute Gasteiger partial charge is 0.250 e. The molecule has 4 heteroatoms. The summed E-state index contributed by atoms with van der Waals surface area (Å²) < 4.78 is 7.74. The summed E-state index contributed by atoms with van der Waals surface area (Å²) in [5, 5.41) is 0. The first-order valence-electron chi connectivity index (χ1n) is 10.4. The van der Waals surface area contributed by atoms with Gasteiger partial charge < -0.3 is 13.9 Å². The molecule has 2 aliphatic heterocycles. The van der Waals surface area contributed by atoms with Crippen molar-refractivity contribution in [3.05, 3.63) is 46.6 Å². The molecule has 5 rings (SSSR count). The second kappa shape index (κ2) is 6.73. The first-order valence-corrected chi connectivity index (χ1v) is 10.4. The van der Waals surface area contributed by atoms with E-state index >= 15 is 0 Å². The zero-order valence-corrected chi connectivity index (χ0v) is 15.5. The number of likely N-dealkylation sites (tertiary alicyclic amines) is 1. The highest BCUT2D eigenvalue weighted by Crippen LogP contribution is 2.37. The summed E-state index contributed by atoms with van der Waals surface area (Å²) in [6.07, 6.45) is 10.1. The number of rotatable bonds is 3. The van der Waals surface area contributed by atoms with Crippen LogP contribution in [-0.4, -0.2) is 24.2 Å². The third kappa shape index (κ3) is 2.94. The van der Waals surface area contributed by atoms with Crippen molar-refractivity contribution in [3.63, 3.8) is 0 Å². The number of nitrogens with zero attached hydrogens (tertiary/aromatic N) is 1. The monoisotopic (exact) mass is 353 g/mol. The van der Waals surface area contributed by atoms with E-state index < -0.39 is 0 Å². The van der Waals surface area contributed by atoms with Crippen LogP contribution in [0.3, 0.4) is 0 Å². The first kappa shape index (κ1) is 16.4. The third-order valence-corrected chi connectivity index (χ3v) is 6.87. The van der Waals surface area contributed by atoms with Gasteiger partial charge in [0.2, 0.25) is 0 Å². The number of hydrogen-bond acceptors (Lipinski definition) is 2. The summed E-state index contributed by atoms with van der Waals surface area (Å²) >= 11 is 0. The Kier molecular flexibility index (Phi) is 4.24. The van der Waals surface area contributed by atoms with Crippen molar-refractivity contribution in [2.24, 2.45) is 11.8 Å². The van der Waals surface area contributed by atoms with E-state index in [0.717, 1.165) is 23.8 Å². The largest absolute Gasteiger partial charge is 0.464 e. The highest BCUT2D eigenvalue weighted by atomic mass is 16.3. The molecule has 0 radical (unpaired) electrons. The van der Waals surface area contributed by atoms with Gasteiger partial charge in [0, 0.05) is 41.6 Å². The molecule has 0 spiro atoms. The van der Waals surface area contributed by atoms with Gasteiger partial charge in [0.05, 0.1) is 25.9 Å². The van der Waals surface area contributed by atoms with Gasteiger partial charge in [0.25, 0.3) is 5.56 Å². The topological polar surface area (TPSA) is 39.6 Å². The van der Waals surface area contributed by atoms with E-state index in [0.29, 0.717) is 11.8 Å². The van der Waals surface area contributed by atoms with Crippen LogP contribution in [0.5, 0.6) is 0 Å². The van der Waals surface area contributed by atoms with E-state index in [1.165, 1.54) is 63.9 Å². The fourth-order valence-corrected chi connectivity index (χ4v) is 5.84. The maximum absolute atomic E-state index is 12.5. The van der Waals surface area contributed by atoms with Crippen molar-refractivity contribution in [1.29, 1.82) is 0 Å². The van der Waals surface area contributed by atoms with Gasteiger partial charge in [-0.05, 0) is 37.5 Å². The molecule has 0 aromatic carbocycles. The Bertz CT molecular complexity index is 817. The molecule has 138 valence electrons. The predicted octanol–water partition coefficient (Wildman–Crippen LogP) is 2.69. The van der Waals surface area contributed by atoms with Gasteiger partial charge in [-0.1, -0.05) is 19.3 Å². The molecular weight excluding hydrogens is 324 g/mol. The SMILES string of the molecule is O=c1ccc(-c2ccco2)c2n1C[C@H]1C[C@@H]2C[NH+](CC2CCCCC2)C1. The van der Waals surface area contributed by atoms with Gasteiger partial charge >= 0.3 is 0 Å². The van der Waals surface area contributed by atoms with Crippen molar-refractivity contribution in [1.82, 2.24) is 4.57 Å². The molecule has 1 saturated heterocycles. The number of quaternary nitrogens is 1. The third-order valence-electron chi connectivity index (χ3n) is 6.87. The van der Waals surface area contributed by atoms with E-state index in [4.69, 9.17) is 4.42 Å². The lowest BCUT2D eigenvalue weighted by atomic mass is 9.80. The van der Waals surface area contributed by atoms with Crippen LogP contribution in [0.4, 0.5) is 0 Å². The standard InChI is InChI=1S/C22H28N2O2/c25-21-9-8-19(20-7-4-10-26-20)22-18-11-17(14-24(21)22)13-23(15-18)12-16-5-2-1-3-6-16/h4,7-10,16-18H,1-3,5-6,11-15H2/p+1/t17-,18+/m0/s1. The van der Waals surface area contributed by atoms with E-state index in [-0.39, 0.29) is 5.56 Å². The molecule has 3 atom stereocenters. The minimum atomic E-state index is 0.153. The minimum Gasteiger partial charge on any atom is -0.464 e. The highest BCUT2D eigenvalue weighted by Gasteiger charge is 2.39. The summed E-state index contributed by atoms with van der Waals surface area (Å²) in [5.41, 5.74) is 2.50. The van der Waals surface area contributed by atoms with Crippen LogP contribution in [-0.2, 0) is 6.54 Å². The Hall–Kier alpha value is -1.81. The first-order chi connectivity index (χ1) is 12.8. The van der Waals surface area contributed by atoms with Gasteiger partial charge in [0.15, 0.2) is 0 Å². The van der Waals surface area contributed by atoms with Gasteiger partial charge in [0.1, 0.15) is 5.76 Å². The van der Waals surface area contributed by atoms with Gasteiger partial charge in [-0.25, -0.2) is 0 Å². The summed E-state index contributed by atoms with van der Waals surface area (Å²) in [7, 11) is 0. The molecule has 1 aliphatic carbocycles. The molecule has 2 bridgehead atoms. The van der Waals surface area contributed by atoms with Crippen molar-refractivity contribution >= 4 is 0 Å². The maximum Gasteiger partial charge on any atom is 0.250 e. The van der Waals surface area contributed by atoms with Crippen LogP contribution in [0.25, 0.3) is 11.3 Å². The van der Waals surface area contributed by atoms with Crippen LogP contribution >= 0.6 is 0 Å². The Balaban J connectivity index is 1.45. The molecule has 4 nitrogen and oxygen atoms in total. The van der Waals surface area contributed by atoms with Crippen LogP contribution in [0.2, 0.25) is 0 Å². The zero-order valence-electron chi connectivity index (χ0n) is 15.5. The number of furan rings is 1. The number of aromatic nitrogens is 1. The van der Waals surface area contributed by atoms with E-state index in [9.17, 15) is 4.79 Å². The molecule has 1 N–H and O–H groups in total. The van der Waals surface area contributed by atoms with Crippen molar-refractivity contribution in [2.75, 3.05) is 19.6 Å². The zero-order chi connectivity index (χ0) is 17.5. The van der Waals surface area contributed by atoms with E-state index in [1.54, 1.807) is 17.2 Å². The van der Waals surface area contributed by atoms with Gasteiger partial charge in [-0.3, -0.25) is 4.79 Å². The molecule has 1 saturated carbocycles. The molecular formula is C22H29N2O2+. The fourth-order valence-electron chi connectivity index (χ4n) is 5.84. The summed E-state index contributed by atoms with van der Waals surface area (Å²) in [6, 6.07) is 7.64.